The highest BCUT2D eigenvalue weighted by Gasteiger charge is 2.31. The number of urea groups is 1. The lowest BCUT2D eigenvalue weighted by molar-refractivity contribution is -0.118. The van der Waals surface area contributed by atoms with Crippen molar-refractivity contribution in [3.63, 3.8) is 0 Å². The number of rotatable bonds is 5. The van der Waals surface area contributed by atoms with Crippen molar-refractivity contribution in [1.82, 2.24) is 10.6 Å². The number of amides is 3. The lowest BCUT2D eigenvalue weighted by atomic mass is 10.0. The normalized spacial score (nSPS) is 20.1. The largest absolute Gasteiger partial charge is 0.334 e. The monoisotopic (exact) mass is 371 g/mol. The second-order valence-corrected chi connectivity index (χ2v) is 8.64. The first-order valence-electron chi connectivity index (χ1n) is 8.01. The first-order chi connectivity index (χ1) is 11.7. The number of hydrogen-bond acceptors (Lipinski definition) is 4. The molecule has 1 fully saturated rings. The third-order valence-corrected chi connectivity index (χ3v) is 5.70. The van der Waals surface area contributed by atoms with Crippen molar-refractivity contribution < 1.29 is 22.4 Å². The van der Waals surface area contributed by atoms with Crippen LogP contribution in [0.1, 0.15) is 20.3 Å². The minimum atomic E-state index is -3.11. The van der Waals surface area contributed by atoms with Crippen LogP contribution in [-0.4, -0.2) is 43.9 Å². The first kappa shape index (κ1) is 19.2. The van der Waals surface area contributed by atoms with Gasteiger partial charge in [0, 0.05) is 6.04 Å². The highest BCUT2D eigenvalue weighted by Crippen LogP contribution is 2.14. The van der Waals surface area contributed by atoms with Crippen LogP contribution in [-0.2, 0) is 14.6 Å². The molecule has 1 heterocycles. The number of carbonyl (C=O) groups excluding carboxylic acids is 2. The minimum absolute atomic E-state index is 0.0299. The van der Waals surface area contributed by atoms with Crippen LogP contribution in [0.2, 0.25) is 0 Å². The minimum Gasteiger partial charge on any atom is -0.334 e. The Morgan fingerprint density at radius 3 is 2.48 bits per heavy atom. The van der Waals surface area contributed by atoms with Crippen LogP contribution in [0.15, 0.2) is 24.3 Å². The number of benzene rings is 1. The van der Waals surface area contributed by atoms with Gasteiger partial charge < -0.3 is 16.0 Å². The van der Waals surface area contributed by atoms with Gasteiger partial charge in [-0.3, -0.25) is 4.79 Å². The van der Waals surface area contributed by atoms with Gasteiger partial charge in [0.2, 0.25) is 5.91 Å². The van der Waals surface area contributed by atoms with Gasteiger partial charge in [0.05, 0.1) is 17.2 Å². The van der Waals surface area contributed by atoms with Gasteiger partial charge in [0.15, 0.2) is 9.84 Å². The van der Waals surface area contributed by atoms with Gasteiger partial charge in [-0.1, -0.05) is 26.0 Å². The molecule has 3 N–H and O–H groups in total. The molecule has 0 aliphatic carbocycles. The molecule has 2 atom stereocenters. The molecule has 1 aromatic carbocycles. The first-order valence-corrected chi connectivity index (χ1v) is 9.83. The van der Waals surface area contributed by atoms with Gasteiger partial charge in [0.25, 0.3) is 0 Å². The fourth-order valence-corrected chi connectivity index (χ4v) is 4.26. The molecule has 7 nitrogen and oxygen atoms in total. The van der Waals surface area contributed by atoms with E-state index in [4.69, 9.17) is 0 Å². The van der Waals surface area contributed by atoms with Gasteiger partial charge in [-0.15, -0.1) is 0 Å². The Kier molecular flexibility index (Phi) is 5.99. The van der Waals surface area contributed by atoms with Crippen LogP contribution in [0.4, 0.5) is 14.9 Å². The van der Waals surface area contributed by atoms with E-state index in [-0.39, 0.29) is 23.1 Å². The summed E-state index contributed by atoms with van der Waals surface area (Å²) in [7, 11) is -3.11. The number of para-hydroxylation sites is 1. The number of nitrogens with one attached hydrogen (secondary N) is 3. The smallest absolute Gasteiger partial charge is 0.315 e. The Morgan fingerprint density at radius 1 is 1.24 bits per heavy atom. The second kappa shape index (κ2) is 7.81. The van der Waals surface area contributed by atoms with E-state index >= 15 is 0 Å². The topological polar surface area (TPSA) is 104 Å². The Hall–Kier alpha value is -2.16. The molecule has 0 bridgehead atoms. The molecule has 3 amide bonds. The quantitative estimate of drug-likeness (QED) is 0.725. The van der Waals surface area contributed by atoms with Gasteiger partial charge in [0.1, 0.15) is 11.9 Å². The highest BCUT2D eigenvalue weighted by molar-refractivity contribution is 7.91. The van der Waals surface area contributed by atoms with Crippen molar-refractivity contribution in [2.24, 2.45) is 5.92 Å². The molecule has 25 heavy (non-hydrogen) atoms. The maximum atomic E-state index is 13.6. The van der Waals surface area contributed by atoms with E-state index in [1.807, 2.05) is 0 Å². The summed E-state index contributed by atoms with van der Waals surface area (Å²) in [5.41, 5.74) is 0.0299. The van der Waals surface area contributed by atoms with E-state index in [1.165, 1.54) is 18.2 Å². The average molecular weight is 371 g/mol. The SMILES string of the molecule is CC(C)[C@H](NC(=O)N[C@H]1CCS(=O)(=O)C1)C(=O)Nc1ccccc1F. The van der Waals surface area contributed by atoms with Crippen LogP contribution < -0.4 is 16.0 Å². The summed E-state index contributed by atoms with van der Waals surface area (Å²) in [6, 6.07) is 3.76. The summed E-state index contributed by atoms with van der Waals surface area (Å²) in [5, 5.41) is 7.55. The predicted molar refractivity (Wildman–Crippen MR) is 92.4 cm³/mol. The average Bonchev–Trinajstić information content (AvgIpc) is 2.85. The Labute approximate surface area is 146 Å². The second-order valence-electron chi connectivity index (χ2n) is 6.41. The number of carbonyl (C=O) groups is 2. The number of anilines is 1. The number of sulfone groups is 1. The molecule has 0 saturated carbocycles. The van der Waals surface area contributed by atoms with Gasteiger partial charge in [-0.05, 0) is 24.5 Å². The molecule has 1 aliphatic heterocycles. The summed E-state index contributed by atoms with van der Waals surface area (Å²) in [6.07, 6.45) is 0.351. The third-order valence-electron chi connectivity index (χ3n) is 3.94. The van der Waals surface area contributed by atoms with Crippen molar-refractivity contribution in [2.75, 3.05) is 16.8 Å². The Balaban J connectivity index is 1.97. The zero-order valence-corrected chi connectivity index (χ0v) is 14.9. The van der Waals surface area contributed by atoms with Gasteiger partial charge in [-0.25, -0.2) is 17.6 Å². The molecule has 1 aliphatic rings. The molecular weight excluding hydrogens is 349 g/mol. The molecule has 0 radical (unpaired) electrons. The summed E-state index contributed by atoms with van der Waals surface area (Å²) in [4.78, 5) is 24.4. The van der Waals surface area contributed by atoms with Crippen LogP contribution in [0.3, 0.4) is 0 Å². The van der Waals surface area contributed by atoms with Crippen LogP contribution in [0, 0.1) is 11.7 Å². The maximum absolute atomic E-state index is 13.6. The standard InChI is InChI=1S/C16H22FN3O4S/c1-10(2)14(15(21)19-13-6-4-3-5-12(13)17)20-16(22)18-11-7-8-25(23,24)9-11/h3-6,10-11,14H,7-9H2,1-2H3,(H,19,21)(H2,18,20,22)/t11-,14-/m0/s1. The Morgan fingerprint density at radius 2 is 1.92 bits per heavy atom. The molecule has 1 aromatic rings. The number of hydrogen-bond donors (Lipinski definition) is 3. The molecule has 1 saturated heterocycles. The molecule has 0 unspecified atom stereocenters. The summed E-state index contributed by atoms with van der Waals surface area (Å²) in [5.74, 6) is -1.42. The molecule has 0 spiro atoms. The summed E-state index contributed by atoms with van der Waals surface area (Å²) >= 11 is 0. The van der Waals surface area contributed by atoms with Crippen molar-refractivity contribution >= 4 is 27.5 Å². The zero-order valence-electron chi connectivity index (χ0n) is 14.1. The van der Waals surface area contributed by atoms with E-state index in [0.717, 1.165) is 0 Å². The third kappa shape index (κ3) is 5.42. The lowest BCUT2D eigenvalue weighted by Crippen LogP contribution is -2.52. The molecular formula is C16H22FN3O4S. The van der Waals surface area contributed by atoms with E-state index in [2.05, 4.69) is 16.0 Å². The zero-order chi connectivity index (χ0) is 18.6. The van der Waals surface area contributed by atoms with Crippen molar-refractivity contribution in [1.29, 1.82) is 0 Å². The van der Waals surface area contributed by atoms with Crippen LogP contribution in [0.25, 0.3) is 0 Å². The van der Waals surface area contributed by atoms with E-state index in [9.17, 15) is 22.4 Å². The van der Waals surface area contributed by atoms with Gasteiger partial charge >= 0.3 is 6.03 Å². The summed E-state index contributed by atoms with van der Waals surface area (Å²) in [6.45, 7) is 3.48. The van der Waals surface area contributed by atoms with Crippen LogP contribution >= 0.6 is 0 Å². The number of halogens is 1. The van der Waals surface area contributed by atoms with Crippen molar-refractivity contribution in [3.05, 3.63) is 30.1 Å². The van der Waals surface area contributed by atoms with E-state index in [1.54, 1.807) is 19.9 Å². The summed E-state index contributed by atoms with van der Waals surface area (Å²) < 4.78 is 36.5. The van der Waals surface area contributed by atoms with Crippen molar-refractivity contribution in [3.8, 4) is 0 Å². The predicted octanol–water partition coefficient (Wildman–Crippen LogP) is 1.28. The van der Waals surface area contributed by atoms with E-state index in [0.29, 0.717) is 6.42 Å². The van der Waals surface area contributed by atoms with E-state index < -0.39 is 39.7 Å². The molecule has 9 heteroatoms. The fraction of sp³-hybridized carbons (Fsp3) is 0.500. The molecule has 2 rings (SSSR count). The molecule has 138 valence electrons. The van der Waals surface area contributed by atoms with Crippen molar-refractivity contribution in [2.45, 2.75) is 32.4 Å². The van der Waals surface area contributed by atoms with Gasteiger partial charge in [-0.2, -0.15) is 0 Å². The highest BCUT2D eigenvalue weighted by atomic mass is 32.2. The maximum Gasteiger partial charge on any atom is 0.315 e. The van der Waals surface area contributed by atoms with Crippen LogP contribution in [0.5, 0.6) is 0 Å². The lowest BCUT2D eigenvalue weighted by Gasteiger charge is -2.23. The fourth-order valence-electron chi connectivity index (χ4n) is 2.59. The molecule has 0 aromatic heterocycles. The Bertz CT molecular complexity index is 752.